The van der Waals surface area contributed by atoms with Gasteiger partial charge in [-0.05, 0) is 17.7 Å². The fourth-order valence-corrected chi connectivity index (χ4v) is 3.36. The van der Waals surface area contributed by atoms with Crippen LogP contribution in [0.3, 0.4) is 0 Å². The SMILES string of the molecule is Cn1c(=O)n(CC(=O)N2CCC(c3ccccc3)=N2)c(=O)c2ccc(C(F)(F)F)nc21. The van der Waals surface area contributed by atoms with Crippen molar-refractivity contribution >= 4 is 22.7 Å². The third-order valence-corrected chi connectivity index (χ3v) is 4.97. The van der Waals surface area contributed by atoms with Gasteiger partial charge in [-0.1, -0.05) is 30.3 Å². The van der Waals surface area contributed by atoms with Crippen LogP contribution >= 0.6 is 0 Å². The second-order valence-electron chi connectivity index (χ2n) is 6.98. The van der Waals surface area contributed by atoms with Crippen molar-refractivity contribution in [1.82, 2.24) is 19.1 Å². The van der Waals surface area contributed by atoms with Crippen LogP contribution in [0.2, 0.25) is 0 Å². The van der Waals surface area contributed by atoms with E-state index >= 15 is 0 Å². The molecule has 3 aromatic rings. The fourth-order valence-electron chi connectivity index (χ4n) is 3.36. The lowest BCUT2D eigenvalue weighted by Crippen LogP contribution is -2.43. The number of aromatic nitrogens is 3. The van der Waals surface area contributed by atoms with Gasteiger partial charge in [-0.25, -0.2) is 14.8 Å². The maximum atomic E-state index is 12.9. The Balaban J connectivity index is 1.68. The highest BCUT2D eigenvalue weighted by Gasteiger charge is 2.33. The van der Waals surface area contributed by atoms with Gasteiger partial charge in [0.05, 0.1) is 17.6 Å². The predicted molar refractivity (Wildman–Crippen MR) is 106 cm³/mol. The first-order valence-corrected chi connectivity index (χ1v) is 9.28. The number of benzene rings is 1. The number of nitrogens with zero attached hydrogens (tertiary/aromatic N) is 5. The molecule has 2 aromatic heterocycles. The van der Waals surface area contributed by atoms with Crippen LogP contribution in [-0.2, 0) is 24.6 Å². The molecule has 160 valence electrons. The molecule has 0 aliphatic carbocycles. The first-order chi connectivity index (χ1) is 14.7. The van der Waals surface area contributed by atoms with Crippen molar-refractivity contribution in [2.45, 2.75) is 19.1 Å². The van der Waals surface area contributed by atoms with Gasteiger partial charge in [0.2, 0.25) is 0 Å². The van der Waals surface area contributed by atoms with Crippen LogP contribution in [0, 0.1) is 0 Å². The van der Waals surface area contributed by atoms with E-state index in [9.17, 15) is 27.6 Å². The van der Waals surface area contributed by atoms with Crippen LogP contribution in [0.5, 0.6) is 0 Å². The average Bonchev–Trinajstić information content (AvgIpc) is 3.25. The maximum absolute atomic E-state index is 12.9. The number of halogens is 3. The summed E-state index contributed by atoms with van der Waals surface area (Å²) >= 11 is 0. The molecule has 0 N–H and O–H groups in total. The molecule has 0 unspecified atom stereocenters. The van der Waals surface area contributed by atoms with Crippen LogP contribution in [0.4, 0.5) is 13.2 Å². The van der Waals surface area contributed by atoms with Crippen molar-refractivity contribution in [1.29, 1.82) is 0 Å². The fraction of sp³-hybridized carbons (Fsp3) is 0.250. The molecule has 1 aliphatic heterocycles. The van der Waals surface area contributed by atoms with E-state index in [1.54, 1.807) is 0 Å². The van der Waals surface area contributed by atoms with Crippen molar-refractivity contribution in [2.24, 2.45) is 12.1 Å². The normalized spacial score (nSPS) is 14.2. The highest BCUT2D eigenvalue weighted by atomic mass is 19.4. The predicted octanol–water partition coefficient (Wildman–Crippen LogP) is 1.75. The molecule has 0 saturated heterocycles. The summed E-state index contributed by atoms with van der Waals surface area (Å²) in [5.41, 5.74) is -1.88. The number of alkyl halides is 3. The largest absolute Gasteiger partial charge is 0.433 e. The molecular weight excluding hydrogens is 415 g/mol. The summed E-state index contributed by atoms with van der Waals surface area (Å²) in [6, 6.07) is 10.9. The van der Waals surface area contributed by atoms with Gasteiger partial charge < -0.3 is 0 Å². The van der Waals surface area contributed by atoms with Crippen molar-refractivity contribution in [3.8, 4) is 0 Å². The van der Waals surface area contributed by atoms with Gasteiger partial charge >= 0.3 is 11.9 Å². The average molecular weight is 431 g/mol. The number of carbonyl (C=O) groups excluding carboxylic acids is 1. The summed E-state index contributed by atoms with van der Waals surface area (Å²) in [4.78, 5) is 41.4. The summed E-state index contributed by atoms with van der Waals surface area (Å²) in [5, 5.41) is 5.26. The second kappa shape index (κ2) is 7.49. The zero-order valence-corrected chi connectivity index (χ0v) is 16.3. The highest BCUT2D eigenvalue weighted by Crippen LogP contribution is 2.28. The van der Waals surface area contributed by atoms with Crippen molar-refractivity contribution in [3.05, 3.63) is 74.6 Å². The quantitative estimate of drug-likeness (QED) is 0.632. The summed E-state index contributed by atoms with van der Waals surface area (Å²) in [6.45, 7) is -0.295. The smallest absolute Gasteiger partial charge is 0.280 e. The molecule has 0 fully saturated rings. The van der Waals surface area contributed by atoms with Crippen LogP contribution in [0.15, 0.2) is 57.2 Å². The lowest BCUT2D eigenvalue weighted by atomic mass is 10.1. The lowest BCUT2D eigenvalue weighted by Gasteiger charge is -2.14. The van der Waals surface area contributed by atoms with E-state index in [2.05, 4.69) is 10.1 Å². The number of pyridine rings is 1. The summed E-state index contributed by atoms with van der Waals surface area (Å²) in [7, 11) is 1.19. The highest BCUT2D eigenvalue weighted by molar-refractivity contribution is 6.02. The molecule has 8 nitrogen and oxygen atoms in total. The standard InChI is InChI=1S/C20H16F3N5O3/c1-26-17-13(7-8-15(24-17)20(21,22)23)18(30)27(19(26)31)11-16(29)28-10-9-14(25-28)12-5-3-2-4-6-12/h2-8H,9-11H2,1H3. The molecule has 3 heterocycles. The Morgan fingerprint density at radius 3 is 2.48 bits per heavy atom. The van der Waals surface area contributed by atoms with Gasteiger partial charge in [0.1, 0.15) is 17.9 Å². The molecule has 1 aliphatic rings. The molecule has 0 spiro atoms. The molecule has 1 amide bonds. The lowest BCUT2D eigenvalue weighted by molar-refractivity contribution is -0.141. The van der Waals surface area contributed by atoms with Gasteiger partial charge in [0.15, 0.2) is 0 Å². The molecule has 0 bridgehead atoms. The topological polar surface area (TPSA) is 89.6 Å². The molecule has 0 atom stereocenters. The van der Waals surface area contributed by atoms with E-state index < -0.39 is 41.2 Å². The van der Waals surface area contributed by atoms with Gasteiger partial charge in [0, 0.05) is 13.5 Å². The third-order valence-electron chi connectivity index (χ3n) is 4.97. The number of fused-ring (bicyclic) bond motifs is 1. The molecule has 1 aromatic carbocycles. The van der Waals surface area contributed by atoms with Crippen LogP contribution in [-0.4, -0.2) is 37.3 Å². The van der Waals surface area contributed by atoms with E-state index in [-0.39, 0.29) is 5.39 Å². The number of hydrogen-bond donors (Lipinski definition) is 0. The van der Waals surface area contributed by atoms with Gasteiger partial charge in [-0.15, -0.1) is 0 Å². The molecule has 0 radical (unpaired) electrons. The number of carbonyl (C=O) groups is 1. The van der Waals surface area contributed by atoms with Crippen molar-refractivity contribution in [2.75, 3.05) is 6.54 Å². The number of hydrogen-bond acceptors (Lipinski definition) is 5. The summed E-state index contributed by atoms with van der Waals surface area (Å²) in [6.07, 6.45) is -4.20. The Morgan fingerprint density at radius 2 is 1.81 bits per heavy atom. The summed E-state index contributed by atoms with van der Waals surface area (Å²) in [5.74, 6) is -0.579. The number of amides is 1. The zero-order valence-electron chi connectivity index (χ0n) is 16.3. The van der Waals surface area contributed by atoms with Crippen LogP contribution in [0.25, 0.3) is 11.0 Å². The molecule has 0 saturated carbocycles. The first-order valence-electron chi connectivity index (χ1n) is 9.28. The molecule has 4 rings (SSSR count). The van der Waals surface area contributed by atoms with E-state index in [0.29, 0.717) is 29.3 Å². The Labute approximate surface area is 172 Å². The minimum Gasteiger partial charge on any atom is -0.280 e. The Morgan fingerprint density at radius 1 is 1.10 bits per heavy atom. The monoisotopic (exact) mass is 431 g/mol. The van der Waals surface area contributed by atoms with Crippen LogP contribution in [0.1, 0.15) is 17.7 Å². The van der Waals surface area contributed by atoms with Crippen LogP contribution < -0.4 is 11.2 Å². The molecular formula is C20H16F3N5O3. The van der Waals surface area contributed by atoms with E-state index in [1.165, 1.54) is 12.1 Å². The minimum absolute atomic E-state index is 0.196. The minimum atomic E-state index is -4.72. The third kappa shape index (κ3) is 3.74. The van der Waals surface area contributed by atoms with Gasteiger partial charge in [0.25, 0.3) is 11.5 Å². The first kappa shape index (κ1) is 20.5. The molecule has 11 heteroatoms. The van der Waals surface area contributed by atoms with E-state index in [4.69, 9.17) is 0 Å². The number of hydrazone groups is 1. The summed E-state index contributed by atoms with van der Waals surface area (Å²) < 4.78 is 40.3. The van der Waals surface area contributed by atoms with Crippen molar-refractivity contribution < 1.29 is 18.0 Å². The number of aryl methyl sites for hydroxylation is 1. The Bertz CT molecular complexity index is 1330. The zero-order chi connectivity index (χ0) is 22.3. The Hall–Kier alpha value is -3.76. The maximum Gasteiger partial charge on any atom is 0.433 e. The van der Waals surface area contributed by atoms with Gasteiger partial charge in [-0.2, -0.15) is 18.3 Å². The molecule has 31 heavy (non-hydrogen) atoms. The van der Waals surface area contributed by atoms with Crippen molar-refractivity contribution in [3.63, 3.8) is 0 Å². The second-order valence-corrected chi connectivity index (χ2v) is 6.98. The van der Waals surface area contributed by atoms with E-state index in [1.807, 2.05) is 30.3 Å². The Kier molecular flexibility index (Phi) is 4.96. The van der Waals surface area contributed by atoms with E-state index in [0.717, 1.165) is 16.2 Å². The number of rotatable bonds is 3. The van der Waals surface area contributed by atoms with Gasteiger partial charge in [-0.3, -0.25) is 18.7 Å².